The maximum atomic E-state index is 11.9. The molecule has 2 rings (SSSR count). The van der Waals surface area contributed by atoms with Crippen molar-refractivity contribution >= 4 is 30.7 Å². The molecule has 18 heavy (non-hydrogen) atoms. The van der Waals surface area contributed by atoms with E-state index >= 15 is 0 Å². The summed E-state index contributed by atoms with van der Waals surface area (Å²) in [6, 6.07) is 0.605. The van der Waals surface area contributed by atoms with Crippen molar-refractivity contribution in [3.63, 3.8) is 0 Å². The Bertz CT molecular complexity index is 247. The maximum absolute atomic E-state index is 11.9. The average Bonchev–Trinajstić information content (AvgIpc) is 2.73. The van der Waals surface area contributed by atoms with Crippen LogP contribution in [0.2, 0.25) is 0 Å². The molecular formula is C12H25Cl2N3O. The van der Waals surface area contributed by atoms with Crippen LogP contribution in [-0.2, 0) is 4.79 Å². The summed E-state index contributed by atoms with van der Waals surface area (Å²) < 4.78 is 0. The third kappa shape index (κ3) is 4.92. The fraction of sp³-hybridized carbons (Fsp3) is 0.917. The van der Waals surface area contributed by atoms with Gasteiger partial charge in [0.1, 0.15) is 0 Å². The van der Waals surface area contributed by atoms with Crippen molar-refractivity contribution in [3.05, 3.63) is 0 Å². The Morgan fingerprint density at radius 2 is 2.06 bits per heavy atom. The number of hydrogen-bond acceptors (Lipinski definition) is 3. The van der Waals surface area contributed by atoms with Crippen molar-refractivity contribution in [1.82, 2.24) is 15.5 Å². The Hall–Kier alpha value is -0.0300. The molecule has 0 aromatic rings. The Labute approximate surface area is 122 Å². The van der Waals surface area contributed by atoms with E-state index in [4.69, 9.17) is 0 Å². The third-order valence-corrected chi connectivity index (χ3v) is 3.81. The van der Waals surface area contributed by atoms with Gasteiger partial charge in [0.2, 0.25) is 5.91 Å². The van der Waals surface area contributed by atoms with E-state index in [1.807, 2.05) is 0 Å². The molecule has 0 bridgehead atoms. The minimum absolute atomic E-state index is 0. The van der Waals surface area contributed by atoms with E-state index in [-0.39, 0.29) is 36.8 Å². The summed E-state index contributed by atoms with van der Waals surface area (Å²) in [6.45, 7) is 2.97. The van der Waals surface area contributed by atoms with Gasteiger partial charge in [0, 0.05) is 12.6 Å². The lowest BCUT2D eigenvalue weighted by atomic mass is 10.0. The van der Waals surface area contributed by atoms with E-state index < -0.39 is 0 Å². The van der Waals surface area contributed by atoms with E-state index in [0.29, 0.717) is 6.04 Å². The zero-order chi connectivity index (χ0) is 11.4. The highest BCUT2D eigenvalue weighted by Gasteiger charge is 2.24. The van der Waals surface area contributed by atoms with E-state index in [2.05, 4.69) is 22.6 Å². The fourth-order valence-corrected chi connectivity index (χ4v) is 2.65. The van der Waals surface area contributed by atoms with Crippen LogP contribution in [0.3, 0.4) is 0 Å². The number of halogens is 2. The van der Waals surface area contributed by atoms with Crippen LogP contribution in [0, 0.1) is 0 Å². The molecule has 2 aliphatic heterocycles. The molecule has 0 radical (unpaired) electrons. The van der Waals surface area contributed by atoms with Crippen LogP contribution < -0.4 is 10.6 Å². The number of likely N-dealkylation sites (tertiary alicyclic amines) is 1. The highest BCUT2D eigenvalue weighted by molar-refractivity contribution is 5.85. The van der Waals surface area contributed by atoms with Gasteiger partial charge in [-0.1, -0.05) is 6.42 Å². The molecule has 0 aromatic carbocycles. The van der Waals surface area contributed by atoms with Crippen LogP contribution in [0.15, 0.2) is 0 Å². The van der Waals surface area contributed by atoms with Gasteiger partial charge in [0.25, 0.3) is 0 Å². The Morgan fingerprint density at radius 1 is 1.28 bits per heavy atom. The van der Waals surface area contributed by atoms with Crippen molar-refractivity contribution in [2.45, 2.75) is 44.2 Å². The van der Waals surface area contributed by atoms with Crippen molar-refractivity contribution in [2.75, 3.05) is 26.7 Å². The van der Waals surface area contributed by atoms with Gasteiger partial charge in [-0.05, 0) is 45.8 Å². The molecule has 6 heteroatoms. The summed E-state index contributed by atoms with van der Waals surface area (Å²) in [7, 11) is 2.14. The van der Waals surface area contributed by atoms with Gasteiger partial charge in [-0.2, -0.15) is 0 Å². The second-order valence-electron chi connectivity index (χ2n) is 5.02. The number of amides is 1. The Morgan fingerprint density at radius 3 is 2.61 bits per heavy atom. The lowest BCUT2D eigenvalue weighted by Crippen LogP contribution is -2.49. The highest BCUT2D eigenvalue weighted by Crippen LogP contribution is 2.13. The molecule has 2 saturated heterocycles. The predicted octanol–water partition coefficient (Wildman–Crippen LogP) is 1.18. The first-order valence-corrected chi connectivity index (χ1v) is 6.48. The summed E-state index contributed by atoms with van der Waals surface area (Å²) in [5.41, 5.74) is 0. The number of nitrogens with one attached hydrogen (secondary N) is 2. The number of piperidine rings is 1. The standard InChI is InChI=1S/C12H23N3O.2ClH/c1-15-8-4-5-10(15)9-14-12(16)11-6-2-3-7-13-11;;/h10-11,13H,2-9H2,1H3,(H,14,16);2*1H/t10?,11-;;/m0../s1. The number of carbonyl (C=O) groups excluding carboxylic acids is 1. The largest absolute Gasteiger partial charge is 0.353 e. The molecule has 0 saturated carbocycles. The zero-order valence-electron chi connectivity index (χ0n) is 11.0. The summed E-state index contributed by atoms with van der Waals surface area (Å²) in [4.78, 5) is 14.2. The van der Waals surface area contributed by atoms with Crippen LogP contribution in [0.5, 0.6) is 0 Å². The van der Waals surface area contributed by atoms with E-state index in [9.17, 15) is 4.79 Å². The minimum Gasteiger partial charge on any atom is -0.353 e. The minimum atomic E-state index is 0. The van der Waals surface area contributed by atoms with Crippen molar-refractivity contribution < 1.29 is 4.79 Å². The predicted molar refractivity (Wildman–Crippen MR) is 78.8 cm³/mol. The number of nitrogens with zero attached hydrogens (tertiary/aromatic N) is 1. The van der Waals surface area contributed by atoms with Gasteiger partial charge in [-0.3, -0.25) is 4.79 Å². The molecule has 2 fully saturated rings. The molecular weight excluding hydrogens is 273 g/mol. The fourth-order valence-electron chi connectivity index (χ4n) is 2.65. The summed E-state index contributed by atoms with van der Waals surface area (Å²) in [6.07, 6.45) is 5.85. The second-order valence-corrected chi connectivity index (χ2v) is 5.02. The number of hydrogen-bond donors (Lipinski definition) is 2. The van der Waals surface area contributed by atoms with Gasteiger partial charge in [0.05, 0.1) is 6.04 Å². The normalized spacial score (nSPS) is 28.1. The molecule has 0 aromatic heterocycles. The monoisotopic (exact) mass is 297 g/mol. The molecule has 4 nitrogen and oxygen atoms in total. The van der Waals surface area contributed by atoms with Gasteiger partial charge in [-0.15, -0.1) is 24.8 Å². The van der Waals surface area contributed by atoms with Crippen LogP contribution >= 0.6 is 24.8 Å². The van der Waals surface area contributed by atoms with Crippen LogP contribution in [0.25, 0.3) is 0 Å². The molecule has 1 unspecified atom stereocenters. The molecule has 2 atom stereocenters. The van der Waals surface area contributed by atoms with Crippen molar-refractivity contribution in [3.8, 4) is 0 Å². The first-order valence-electron chi connectivity index (χ1n) is 6.48. The summed E-state index contributed by atoms with van der Waals surface area (Å²) >= 11 is 0. The molecule has 1 amide bonds. The Balaban J connectivity index is 0.00000144. The van der Waals surface area contributed by atoms with Crippen LogP contribution in [0.4, 0.5) is 0 Å². The topological polar surface area (TPSA) is 44.4 Å². The van der Waals surface area contributed by atoms with Crippen molar-refractivity contribution in [1.29, 1.82) is 0 Å². The van der Waals surface area contributed by atoms with E-state index in [1.54, 1.807) is 0 Å². The molecule has 2 aliphatic rings. The molecule has 2 heterocycles. The number of carbonyl (C=O) groups is 1. The smallest absolute Gasteiger partial charge is 0.237 e. The molecule has 0 aliphatic carbocycles. The molecule has 108 valence electrons. The van der Waals surface area contributed by atoms with Gasteiger partial charge >= 0.3 is 0 Å². The highest BCUT2D eigenvalue weighted by atomic mass is 35.5. The first kappa shape index (κ1) is 18.0. The van der Waals surface area contributed by atoms with Gasteiger partial charge in [-0.25, -0.2) is 0 Å². The third-order valence-electron chi connectivity index (χ3n) is 3.81. The SMILES string of the molecule is CN1CCCC1CNC(=O)[C@@H]1CCCCN1.Cl.Cl. The quantitative estimate of drug-likeness (QED) is 0.822. The van der Waals surface area contributed by atoms with E-state index in [0.717, 1.165) is 19.5 Å². The lowest BCUT2D eigenvalue weighted by molar-refractivity contribution is -0.123. The number of rotatable bonds is 3. The van der Waals surface area contributed by atoms with Gasteiger partial charge in [0.15, 0.2) is 0 Å². The maximum Gasteiger partial charge on any atom is 0.237 e. The van der Waals surface area contributed by atoms with Crippen LogP contribution in [0.1, 0.15) is 32.1 Å². The van der Waals surface area contributed by atoms with Gasteiger partial charge < -0.3 is 15.5 Å². The van der Waals surface area contributed by atoms with Crippen molar-refractivity contribution in [2.24, 2.45) is 0 Å². The first-order chi connectivity index (χ1) is 7.77. The zero-order valence-corrected chi connectivity index (χ0v) is 12.6. The average molecular weight is 298 g/mol. The molecule has 0 spiro atoms. The Kier molecular flexibility index (Phi) is 8.95. The lowest BCUT2D eigenvalue weighted by Gasteiger charge is -2.25. The number of likely N-dealkylation sites (N-methyl/N-ethyl adjacent to an activating group) is 1. The second kappa shape index (κ2) is 8.97. The molecule has 2 N–H and O–H groups in total. The van der Waals surface area contributed by atoms with E-state index in [1.165, 1.54) is 32.2 Å². The summed E-state index contributed by atoms with van der Waals surface area (Å²) in [5.74, 6) is 0.194. The van der Waals surface area contributed by atoms with Crippen LogP contribution in [-0.4, -0.2) is 49.6 Å². The summed E-state index contributed by atoms with van der Waals surface area (Å²) in [5, 5.41) is 6.36.